The van der Waals surface area contributed by atoms with Crippen LogP contribution in [-0.4, -0.2) is 27.0 Å². The number of rotatable bonds is 2. The summed E-state index contributed by atoms with van der Waals surface area (Å²) in [6.07, 6.45) is 5.58. The summed E-state index contributed by atoms with van der Waals surface area (Å²) >= 11 is 12.1. The average Bonchev–Trinajstić information content (AvgIpc) is 3.16. The molecule has 0 aliphatic carbocycles. The molecule has 0 unspecified atom stereocenters. The molecule has 6 heteroatoms. The number of nitrogens with zero attached hydrogens (tertiary/aromatic N) is 3. The number of hydrogen-bond acceptors (Lipinski definition) is 3. The molecule has 1 aromatic heterocycles. The third-order valence-corrected chi connectivity index (χ3v) is 4.90. The molecular formula is C14H13Cl2N3O. The van der Waals surface area contributed by atoms with Crippen LogP contribution in [0.25, 0.3) is 5.69 Å². The molecule has 3 heterocycles. The molecule has 2 aliphatic rings. The van der Waals surface area contributed by atoms with Crippen LogP contribution in [0.15, 0.2) is 24.5 Å². The maximum atomic E-state index is 6.09. The van der Waals surface area contributed by atoms with Gasteiger partial charge < -0.3 is 4.74 Å². The number of fused-ring (bicyclic) bond motifs is 2. The van der Waals surface area contributed by atoms with Gasteiger partial charge in [0, 0.05) is 5.92 Å². The maximum absolute atomic E-state index is 6.09. The van der Waals surface area contributed by atoms with Crippen molar-refractivity contribution < 1.29 is 4.74 Å². The molecule has 2 aliphatic heterocycles. The molecule has 2 bridgehead atoms. The zero-order valence-electron chi connectivity index (χ0n) is 10.7. The second kappa shape index (κ2) is 4.72. The number of hydrogen-bond donors (Lipinski definition) is 0. The zero-order chi connectivity index (χ0) is 13.7. The van der Waals surface area contributed by atoms with Crippen molar-refractivity contribution in [3.8, 4) is 5.69 Å². The third kappa shape index (κ3) is 1.94. The van der Waals surface area contributed by atoms with E-state index in [2.05, 4.69) is 10.1 Å². The number of halogens is 2. The molecule has 2 aromatic rings. The Morgan fingerprint density at radius 3 is 2.80 bits per heavy atom. The van der Waals surface area contributed by atoms with Gasteiger partial charge in [0.1, 0.15) is 12.2 Å². The van der Waals surface area contributed by atoms with Crippen LogP contribution < -0.4 is 0 Å². The van der Waals surface area contributed by atoms with Gasteiger partial charge in [-0.1, -0.05) is 23.2 Å². The molecule has 1 aromatic carbocycles. The first-order valence-corrected chi connectivity index (χ1v) is 7.49. The van der Waals surface area contributed by atoms with E-state index in [1.54, 1.807) is 12.4 Å². The van der Waals surface area contributed by atoms with E-state index >= 15 is 0 Å². The summed E-state index contributed by atoms with van der Waals surface area (Å²) < 4.78 is 7.76. The van der Waals surface area contributed by atoms with Crippen LogP contribution in [0.4, 0.5) is 0 Å². The van der Waals surface area contributed by atoms with E-state index < -0.39 is 0 Å². The molecule has 4 rings (SSSR count). The van der Waals surface area contributed by atoms with Gasteiger partial charge in [0.15, 0.2) is 0 Å². The molecule has 0 amide bonds. The zero-order valence-corrected chi connectivity index (χ0v) is 12.2. The molecule has 2 fully saturated rings. The Morgan fingerprint density at radius 1 is 1.20 bits per heavy atom. The standard InChI is InChI=1S/C14H13Cl2N3O/c15-11-3-1-8(5-12(11)16)19-14(17-7-18-19)10-6-9-2-4-13(10)20-9/h1,3,5,7,9-10,13H,2,4,6H2/t9-,10-,13+/m0/s1. The quantitative estimate of drug-likeness (QED) is 0.851. The Bertz CT molecular complexity index is 658. The molecular weight excluding hydrogens is 297 g/mol. The van der Waals surface area contributed by atoms with Gasteiger partial charge in [-0.15, -0.1) is 0 Å². The first-order chi connectivity index (χ1) is 9.72. The van der Waals surface area contributed by atoms with E-state index in [1.807, 2.05) is 16.8 Å². The van der Waals surface area contributed by atoms with Crippen molar-refractivity contribution >= 4 is 23.2 Å². The van der Waals surface area contributed by atoms with Gasteiger partial charge in [0.05, 0.1) is 27.9 Å². The fourth-order valence-corrected chi connectivity index (χ4v) is 3.52. The molecule has 104 valence electrons. The van der Waals surface area contributed by atoms with E-state index in [0.29, 0.717) is 22.1 Å². The smallest absolute Gasteiger partial charge is 0.138 e. The minimum atomic E-state index is 0.283. The molecule has 20 heavy (non-hydrogen) atoms. The summed E-state index contributed by atoms with van der Waals surface area (Å²) in [5.41, 5.74) is 0.884. The highest BCUT2D eigenvalue weighted by Gasteiger charge is 2.43. The Hall–Kier alpha value is -1.10. The minimum absolute atomic E-state index is 0.283. The van der Waals surface area contributed by atoms with Gasteiger partial charge in [-0.2, -0.15) is 5.10 Å². The van der Waals surface area contributed by atoms with Crippen LogP contribution in [0.2, 0.25) is 10.0 Å². The number of ether oxygens (including phenoxy) is 1. The third-order valence-electron chi connectivity index (χ3n) is 4.16. The summed E-state index contributed by atoms with van der Waals surface area (Å²) in [5, 5.41) is 5.40. The Labute approximate surface area is 126 Å². The van der Waals surface area contributed by atoms with E-state index in [4.69, 9.17) is 27.9 Å². The van der Waals surface area contributed by atoms with Gasteiger partial charge in [0.25, 0.3) is 0 Å². The molecule has 0 saturated carbocycles. The average molecular weight is 310 g/mol. The highest BCUT2D eigenvalue weighted by Crippen LogP contribution is 2.44. The fourth-order valence-electron chi connectivity index (χ4n) is 3.23. The van der Waals surface area contributed by atoms with E-state index in [9.17, 15) is 0 Å². The van der Waals surface area contributed by atoms with Crippen molar-refractivity contribution in [2.24, 2.45) is 0 Å². The van der Waals surface area contributed by atoms with Crippen molar-refractivity contribution in [3.63, 3.8) is 0 Å². The topological polar surface area (TPSA) is 39.9 Å². The molecule has 3 atom stereocenters. The van der Waals surface area contributed by atoms with Gasteiger partial charge in [0.2, 0.25) is 0 Å². The van der Waals surface area contributed by atoms with Crippen LogP contribution in [0.3, 0.4) is 0 Å². The highest BCUT2D eigenvalue weighted by atomic mass is 35.5. The normalized spacial score (nSPS) is 28.2. The highest BCUT2D eigenvalue weighted by molar-refractivity contribution is 6.42. The minimum Gasteiger partial charge on any atom is -0.374 e. The SMILES string of the molecule is Clc1ccc(-n2ncnc2[C@H]2C[C@@H]3CC[C@H]2O3)cc1Cl. The summed E-state index contributed by atoms with van der Waals surface area (Å²) in [6, 6.07) is 5.50. The number of aromatic nitrogens is 3. The molecule has 2 saturated heterocycles. The Morgan fingerprint density at radius 2 is 2.10 bits per heavy atom. The predicted octanol–water partition coefficient (Wildman–Crippen LogP) is 3.61. The summed E-state index contributed by atoms with van der Waals surface area (Å²) in [7, 11) is 0. The number of benzene rings is 1. The van der Waals surface area contributed by atoms with Crippen LogP contribution in [0, 0.1) is 0 Å². The Kier molecular flexibility index (Phi) is 2.98. The van der Waals surface area contributed by atoms with Gasteiger partial charge in [-0.25, -0.2) is 9.67 Å². The van der Waals surface area contributed by atoms with Crippen LogP contribution in [0.1, 0.15) is 31.0 Å². The van der Waals surface area contributed by atoms with E-state index in [0.717, 1.165) is 24.4 Å². The van der Waals surface area contributed by atoms with Crippen molar-refractivity contribution in [3.05, 3.63) is 40.4 Å². The van der Waals surface area contributed by atoms with Crippen molar-refractivity contribution in [1.82, 2.24) is 14.8 Å². The molecule has 4 nitrogen and oxygen atoms in total. The molecule has 0 N–H and O–H groups in total. The van der Waals surface area contributed by atoms with Gasteiger partial charge in [-0.05, 0) is 37.5 Å². The summed E-state index contributed by atoms with van der Waals surface area (Å²) in [5.74, 6) is 1.28. The lowest BCUT2D eigenvalue weighted by atomic mass is 9.88. The monoisotopic (exact) mass is 309 g/mol. The lowest BCUT2D eigenvalue weighted by Crippen LogP contribution is -2.19. The summed E-state index contributed by atoms with van der Waals surface area (Å²) in [4.78, 5) is 4.44. The molecule has 0 spiro atoms. The van der Waals surface area contributed by atoms with E-state index in [-0.39, 0.29) is 6.10 Å². The van der Waals surface area contributed by atoms with Crippen molar-refractivity contribution in [2.45, 2.75) is 37.4 Å². The lowest BCUT2D eigenvalue weighted by molar-refractivity contribution is 0.0997. The lowest BCUT2D eigenvalue weighted by Gasteiger charge is -2.18. The predicted molar refractivity (Wildman–Crippen MR) is 76.6 cm³/mol. The fraction of sp³-hybridized carbons (Fsp3) is 0.429. The second-order valence-electron chi connectivity index (χ2n) is 5.34. The summed E-state index contributed by atoms with van der Waals surface area (Å²) in [6.45, 7) is 0. The van der Waals surface area contributed by atoms with E-state index in [1.165, 1.54) is 6.42 Å². The van der Waals surface area contributed by atoms with Crippen molar-refractivity contribution in [2.75, 3.05) is 0 Å². The molecule has 0 radical (unpaired) electrons. The van der Waals surface area contributed by atoms with Crippen molar-refractivity contribution in [1.29, 1.82) is 0 Å². The Balaban J connectivity index is 1.73. The van der Waals surface area contributed by atoms with Gasteiger partial charge in [-0.3, -0.25) is 0 Å². The van der Waals surface area contributed by atoms with Gasteiger partial charge >= 0.3 is 0 Å². The first-order valence-electron chi connectivity index (χ1n) is 6.73. The largest absolute Gasteiger partial charge is 0.374 e. The first kappa shape index (κ1) is 12.6. The van der Waals surface area contributed by atoms with Crippen LogP contribution in [0.5, 0.6) is 0 Å². The van der Waals surface area contributed by atoms with Crippen LogP contribution in [-0.2, 0) is 4.74 Å². The van der Waals surface area contributed by atoms with Crippen LogP contribution >= 0.6 is 23.2 Å². The maximum Gasteiger partial charge on any atom is 0.138 e. The second-order valence-corrected chi connectivity index (χ2v) is 6.16.